The van der Waals surface area contributed by atoms with Crippen LogP contribution in [0.2, 0.25) is 19.6 Å². The van der Waals surface area contributed by atoms with Crippen LogP contribution in [0.5, 0.6) is 0 Å². The predicted molar refractivity (Wildman–Crippen MR) is 208 cm³/mol. The number of nitrogens with zero attached hydrogens (tertiary/aromatic N) is 3. The third-order valence-electron chi connectivity index (χ3n) is 8.50. The third kappa shape index (κ3) is 8.73. The van der Waals surface area contributed by atoms with Crippen LogP contribution >= 0.6 is 0 Å². The molecule has 0 N–H and O–H groups in total. The van der Waals surface area contributed by atoms with E-state index in [0.29, 0.717) is 17.5 Å². The molecule has 3 aromatic carbocycles. The zero-order chi connectivity index (χ0) is 34.5. The molecule has 0 aliphatic heterocycles. The largest absolute Gasteiger partial charge is 0.486 e. The predicted octanol–water partition coefficient (Wildman–Crippen LogP) is 11.0. The van der Waals surface area contributed by atoms with Crippen molar-refractivity contribution in [1.29, 1.82) is 0 Å². The van der Waals surface area contributed by atoms with Crippen molar-refractivity contribution in [3.63, 3.8) is 0 Å². The Bertz CT molecular complexity index is 2170. The molecule has 7 aromatic rings. The van der Waals surface area contributed by atoms with Crippen molar-refractivity contribution >= 4 is 35.3 Å². The van der Waals surface area contributed by atoms with Gasteiger partial charge in [0.25, 0.3) is 0 Å². The Morgan fingerprint density at radius 2 is 1.46 bits per heavy atom. The summed E-state index contributed by atoms with van der Waals surface area (Å²) in [5.41, 5.74) is 10.0. The molecule has 0 aliphatic carbocycles. The second-order valence-electron chi connectivity index (χ2n) is 14.6. The zero-order valence-corrected chi connectivity index (χ0v) is 33.4. The Hall–Kier alpha value is -4.22. The van der Waals surface area contributed by atoms with Crippen molar-refractivity contribution in [2.45, 2.75) is 60.2 Å². The van der Waals surface area contributed by atoms with Crippen LogP contribution in [0.1, 0.15) is 38.8 Å². The van der Waals surface area contributed by atoms with Crippen LogP contribution in [0.3, 0.4) is 0 Å². The van der Waals surface area contributed by atoms with Gasteiger partial charge in [0.2, 0.25) is 5.71 Å². The molecular weight excluding hydrogens is 807 g/mol. The summed E-state index contributed by atoms with van der Waals surface area (Å²) in [5, 5.41) is 3.54. The van der Waals surface area contributed by atoms with Crippen LogP contribution in [0.4, 0.5) is 0 Å². The van der Waals surface area contributed by atoms with Gasteiger partial charge in [-0.15, -0.1) is 54.1 Å². The first kappa shape index (κ1) is 37.0. The van der Waals surface area contributed by atoms with Gasteiger partial charge in [-0.25, -0.2) is 4.98 Å². The van der Waals surface area contributed by atoms with Crippen LogP contribution in [0, 0.1) is 24.0 Å². The van der Waals surface area contributed by atoms with Gasteiger partial charge in [0, 0.05) is 43.4 Å². The van der Waals surface area contributed by atoms with Crippen LogP contribution < -0.4 is 5.19 Å². The molecular formula is C44H45IrN3OSi-2. The van der Waals surface area contributed by atoms with E-state index in [1.807, 2.05) is 60.8 Å². The van der Waals surface area contributed by atoms with Crippen LogP contribution in [0.25, 0.3) is 55.8 Å². The molecule has 4 aromatic heterocycles. The topological polar surface area (TPSA) is 51.8 Å². The molecule has 0 saturated heterocycles. The Morgan fingerprint density at radius 3 is 2.16 bits per heavy atom. The SMILES string of the molecule is CC(C)Cc1cc(-c2[c-]cccc2)ncc1[Si](C)(C)C.CC(C)Cc1ccnc(-c2[c-]ccc3c2oc2nc(-c4ccccc4)ccc23)c1.[Ir]. The summed E-state index contributed by atoms with van der Waals surface area (Å²) in [5.74, 6) is 1.26. The van der Waals surface area contributed by atoms with Gasteiger partial charge >= 0.3 is 0 Å². The number of rotatable bonds is 8. The normalized spacial score (nSPS) is 11.5. The molecule has 0 atom stereocenters. The number of furan rings is 1. The summed E-state index contributed by atoms with van der Waals surface area (Å²) >= 11 is 0. The van der Waals surface area contributed by atoms with E-state index in [9.17, 15) is 0 Å². The van der Waals surface area contributed by atoms with Gasteiger partial charge in [-0.3, -0.25) is 0 Å². The van der Waals surface area contributed by atoms with E-state index >= 15 is 0 Å². The summed E-state index contributed by atoms with van der Waals surface area (Å²) in [6.45, 7) is 16.2. The molecule has 1 radical (unpaired) electrons. The van der Waals surface area contributed by atoms with Crippen molar-refractivity contribution in [2.24, 2.45) is 11.8 Å². The molecule has 0 aliphatic rings. The minimum atomic E-state index is -1.34. The number of hydrogen-bond donors (Lipinski definition) is 0. The van der Waals surface area contributed by atoms with Gasteiger partial charge in [-0.1, -0.05) is 112 Å². The van der Waals surface area contributed by atoms with Crippen LogP contribution in [0.15, 0.2) is 114 Å². The maximum absolute atomic E-state index is 6.24. The maximum atomic E-state index is 6.24. The zero-order valence-electron chi connectivity index (χ0n) is 30.0. The summed E-state index contributed by atoms with van der Waals surface area (Å²) in [7, 11) is -1.34. The fourth-order valence-corrected chi connectivity index (χ4v) is 7.86. The monoisotopic (exact) mass is 852 g/mol. The van der Waals surface area contributed by atoms with Gasteiger partial charge in [0.15, 0.2) is 0 Å². The molecule has 4 heterocycles. The fourth-order valence-electron chi connectivity index (χ4n) is 6.27. The summed E-state index contributed by atoms with van der Waals surface area (Å²) in [6.07, 6.45) is 6.13. The second-order valence-corrected chi connectivity index (χ2v) is 19.6. The van der Waals surface area contributed by atoms with E-state index in [0.717, 1.165) is 63.0 Å². The van der Waals surface area contributed by atoms with Gasteiger partial charge in [0.1, 0.15) is 0 Å². The summed E-state index contributed by atoms with van der Waals surface area (Å²) in [6, 6.07) is 39.4. The first-order valence-electron chi connectivity index (χ1n) is 17.3. The number of benzene rings is 3. The van der Waals surface area contributed by atoms with Crippen molar-refractivity contribution < 1.29 is 24.5 Å². The number of fused-ring (bicyclic) bond motifs is 3. The average molecular weight is 852 g/mol. The second kappa shape index (κ2) is 16.2. The Morgan fingerprint density at radius 1 is 0.700 bits per heavy atom. The molecule has 7 rings (SSSR count). The third-order valence-corrected chi connectivity index (χ3v) is 10.6. The van der Waals surface area contributed by atoms with E-state index in [1.165, 1.54) is 16.3 Å². The fraction of sp³-hybridized carbons (Fsp3) is 0.250. The first-order chi connectivity index (χ1) is 23.6. The van der Waals surface area contributed by atoms with Crippen molar-refractivity contribution in [3.05, 3.63) is 133 Å². The standard InChI is InChI=1S/C26H21N2O.C18H24NSi.Ir/c1-17(2)15-18-13-14-27-24(16-18)22-10-6-9-20-21-11-12-23(19-7-4-3-5-8-19)28-26(21)29-25(20)22;1-14(2)11-16-12-17(15-9-7-6-8-10-15)19-13-18(16)20(3,4)5;/h3-9,11-14,16-17H,15H2,1-2H3;6-9,12-14H,11H2,1-5H3;/q2*-1;. The summed E-state index contributed by atoms with van der Waals surface area (Å²) < 4.78 is 6.24. The van der Waals surface area contributed by atoms with E-state index < -0.39 is 8.07 Å². The Kier molecular flexibility index (Phi) is 12.0. The van der Waals surface area contributed by atoms with Gasteiger partial charge < -0.3 is 14.4 Å². The Balaban J connectivity index is 0.000000204. The molecule has 0 bridgehead atoms. The smallest absolute Gasteiger partial charge is 0.216 e. The number of aromatic nitrogens is 3. The minimum absolute atomic E-state index is 0. The van der Waals surface area contributed by atoms with Crippen LogP contribution in [-0.2, 0) is 32.9 Å². The Labute approximate surface area is 311 Å². The maximum Gasteiger partial charge on any atom is 0.216 e. The van der Waals surface area contributed by atoms with E-state index in [2.05, 4.69) is 118 Å². The van der Waals surface area contributed by atoms with Gasteiger partial charge in [-0.05, 0) is 59.5 Å². The van der Waals surface area contributed by atoms with Gasteiger partial charge in [0.05, 0.1) is 19.4 Å². The summed E-state index contributed by atoms with van der Waals surface area (Å²) in [4.78, 5) is 14.1. The molecule has 0 saturated carbocycles. The number of hydrogen-bond acceptors (Lipinski definition) is 4. The van der Waals surface area contributed by atoms with Crippen LogP contribution in [-0.4, -0.2) is 23.0 Å². The van der Waals surface area contributed by atoms with Crippen molar-refractivity contribution in [2.75, 3.05) is 0 Å². The van der Waals surface area contributed by atoms with Crippen molar-refractivity contribution in [1.82, 2.24) is 15.0 Å². The molecule has 50 heavy (non-hydrogen) atoms. The average Bonchev–Trinajstić information content (AvgIpc) is 3.47. The molecule has 0 unspecified atom stereocenters. The molecule has 6 heteroatoms. The molecule has 0 amide bonds. The molecule has 4 nitrogen and oxygen atoms in total. The van der Waals surface area contributed by atoms with E-state index in [-0.39, 0.29) is 20.1 Å². The van der Waals surface area contributed by atoms with Crippen molar-refractivity contribution in [3.8, 4) is 33.8 Å². The minimum Gasteiger partial charge on any atom is -0.486 e. The quantitative estimate of drug-likeness (QED) is 0.113. The molecule has 0 fully saturated rings. The first-order valence-corrected chi connectivity index (χ1v) is 20.8. The van der Waals surface area contributed by atoms with E-state index in [4.69, 9.17) is 9.40 Å². The molecule has 257 valence electrons. The van der Waals surface area contributed by atoms with E-state index in [1.54, 1.807) is 0 Å². The number of pyridine rings is 3. The van der Waals surface area contributed by atoms with Gasteiger partial charge in [-0.2, -0.15) is 0 Å². The molecule has 0 spiro atoms.